The predicted molar refractivity (Wildman–Crippen MR) is 36.7 cm³/mol. The summed E-state index contributed by atoms with van der Waals surface area (Å²) in [5, 5.41) is 6.65. The average Bonchev–Trinajstić information content (AvgIpc) is 1.82. The van der Waals surface area contributed by atoms with Crippen molar-refractivity contribution in [2.24, 2.45) is 5.73 Å². The summed E-state index contributed by atoms with van der Waals surface area (Å²) in [6, 6.07) is -0.369. The molecule has 0 fully saturated rings. The van der Waals surface area contributed by atoms with Crippen LogP contribution in [-0.4, -0.2) is 18.0 Å². The van der Waals surface area contributed by atoms with Gasteiger partial charge in [0.1, 0.15) is 5.78 Å². The van der Waals surface area contributed by atoms with Crippen LogP contribution in [0.25, 0.3) is 0 Å². The van der Waals surface area contributed by atoms with Crippen LogP contribution >= 0.6 is 0 Å². The number of nitrogens with two attached hydrogens (primary N) is 1. The van der Waals surface area contributed by atoms with E-state index in [1.807, 2.05) is 0 Å². The van der Waals surface area contributed by atoms with E-state index >= 15 is 0 Å². The van der Waals surface area contributed by atoms with Crippen molar-refractivity contribution in [1.29, 1.82) is 5.41 Å². The van der Waals surface area contributed by atoms with E-state index in [0.717, 1.165) is 0 Å². The molecule has 0 aromatic rings. The first-order valence-electron chi connectivity index (χ1n) is 2.93. The fourth-order valence-corrected chi connectivity index (χ4v) is 0.466. The van der Waals surface area contributed by atoms with Gasteiger partial charge in [0.2, 0.25) is 0 Å². The van der Waals surface area contributed by atoms with E-state index in [-0.39, 0.29) is 11.8 Å². The second-order valence-electron chi connectivity index (χ2n) is 2.00. The van der Waals surface area contributed by atoms with Crippen LogP contribution in [0.15, 0.2) is 0 Å². The molecule has 0 aromatic heterocycles. The standard InChI is InChI=1S/C6H12N2O/c1-5(9)6(8)3-2-4-7/h4,6-7H,2-3,8H2,1H3/t6-/m1/s1. The lowest BCUT2D eigenvalue weighted by atomic mass is 10.1. The summed E-state index contributed by atoms with van der Waals surface area (Å²) in [5.41, 5.74) is 5.35. The second kappa shape index (κ2) is 4.21. The van der Waals surface area contributed by atoms with Crippen LogP contribution in [0.3, 0.4) is 0 Å². The number of Topliss-reactive ketones (excluding diaryl/α,β-unsaturated/α-hetero) is 1. The molecule has 0 rings (SSSR count). The van der Waals surface area contributed by atoms with Crippen molar-refractivity contribution in [3.8, 4) is 0 Å². The number of nitrogens with one attached hydrogen (secondary N) is 1. The molecule has 3 nitrogen and oxygen atoms in total. The molecule has 0 aromatic carbocycles. The number of hydrogen-bond acceptors (Lipinski definition) is 3. The number of hydrogen-bond donors (Lipinski definition) is 2. The Hall–Kier alpha value is -0.700. The van der Waals surface area contributed by atoms with E-state index < -0.39 is 0 Å². The van der Waals surface area contributed by atoms with Gasteiger partial charge in [-0.25, -0.2) is 0 Å². The molecule has 0 aliphatic rings. The molecule has 0 bridgehead atoms. The molecule has 3 N–H and O–H groups in total. The van der Waals surface area contributed by atoms with E-state index in [1.165, 1.54) is 13.1 Å². The Kier molecular flexibility index (Phi) is 3.88. The molecular weight excluding hydrogens is 116 g/mol. The molecule has 0 aliphatic heterocycles. The van der Waals surface area contributed by atoms with Gasteiger partial charge < -0.3 is 11.1 Å². The molecule has 0 spiro atoms. The van der Waals surface area contributed by atoms with E-state index in [2.05, 4.69) is 0 Å². The van der Waals surface area contributed by atoms with E-state index in [9.17, 15) is 4.79 Å². The maximum Gasteiger partial charge on any atom is 0.146 e. The van der Waals surface area contributed by atoms with Crippen LogP contribution in [0.1, 0.15) is 19.8 Å². The van der Waals surface area contributed by atoms with Crippen molar-refractivity contribution >= 4 is 12.0 Å². The Morgan fingerprint density at radius 3 is 2.78 bits per heavy atom. The van der Waals surface area contributed by atoms with E-state index in [1.54, 1.807) is 0 Å². The Morgan fingerprint density at radius 1 is 1.89 bits per heavy atom. The average molecular weight is 128 g/mol. The van der Waals surface area contributed by atoms with Crippen molar-refractivity contribution in [3.05, 3.63) is 0 Å². The van der Waals surface area contributed by atoms with E-state index in [0.29, 0.717) is 12.8 Å². The van der Waals surface area contributed by atoms with Gasteiger partial charge in [0.05, 0.1) is 6.04 Å². The molecular formula is C6H12N2O. The first-order chi connectivity index (χ1) is 4.18. The molecule has 0 saturated carbocycles. The van der Waals surface area contributed by atoms with Gasteiger partial charge in [-0.2, -0.15) is 0 Å². The summed E-state index contributed by atoms with van der Waals surface area (Å²) < 4.78 is 0. The highest BCUT2D eigenvalue weighted by Crippen LogP contribution is 1.91. The molecule has 0 heterocycles. The minimum Gasteiger partial charge on any atom is -0.322 e. The van der Waals surface area contributed by atoms with Crippen LogP contribution in [0.2, 0.25) is 0 Å². The third-order valence-electron chi connectivity index (χ3n) is 1.14. The molecule has 0 unspecified atom stereocenters. The first-order valence-corrected chi connectivity index (χ1v) is 2.93. The lowest BCUT2D eigenvalue weighted by molar-refractivity contribution is -0.118. The minimum atomic E-state index is -0.369. The normalized spacial score (nSPS) is 12.7. The zero-order valence-electron chi connectivity index (χ0n) is 5.55. The molecule has 0 radical (unpaired) electrons. The second-order valence-corrected chi connectivity index (χ2v) is 2.00. The van der Waals surface area contributed by atoms with Gasteiger partial charge in [0.15, 0.2) is 0 Å². The first kappa shape index (κ1) is 8.30. The van der Waals surface area contributed by atoms with Crippen LogP contribution in [0, 0.1) is 5.41 Å². The highest BCUT2D eigenvalue weighted by atomic mass is 16.1. The zero-order chi connectivity index (χ0) is 7.28. The molecule has 0 saturated heterocycles. The molecule has 52 valence electrons. The lowest BCUT2D eigenvalue weighted by Crippen LogP contribution is -2.27. The van der Waals surface area contributed by atoms with Gasteiger partial charge in [0.25, 0.3) is 0 Å². The number of carbonyl (C=O) groups excluding carboxylic acids is 1. The highest BCUT2D eigenvalue weighted by Gasteiger charge is 2.04. The van der Waals surface area contributed by atoms with Gasteiger partial charge in [-0.3, -0.25) is 4.79 Å². The van der Waals surface area contributed by atoms with Crippen LogP contribution < -0.4 is 5.73 Å². The van der Waals surface area contributed by atoms with E-state index in [4.69, 9.17) is 11.1 Å². The summed E-state index contributed by atoms with van der Waals surface area (Å²) in [6.45, 7) is 1.47. The monoisotopic (exact) mass is 128 g/mol. The SMILES string of the molecule is CC(=O)[C@H](N)CCC=N. The Bertz CT molecular complexity index is 112. The smallest absolute Gasteiger partial charge is 0.146 e. The number of carbonyl (C=O) groups is 1. The van der Waals surface area contributed by atoms with Crippen molar-refractivity contribution < 1.29 is 4.79 Å². The summed E-state index contributed by atoms with van der Waals surface area (Å²) >= 11 is 0. The van der Waals surface area contributed by atoms with Gasteiger partial charge >= 0.3 is 0 Å². The number of rotatable bonds is 4. The largest absolute Gasteiger partial charge is 0.322 e. The topological polar surface area (TPSA) is 66.9 Å². The molecule has 0 amide bonds. The molecule has 3 heteroatoms. The van der Waals surface area contributed by atoms with Crippen LogP contribution in [0.4, 0.5) is 0 Å². The summed E-state index contributed by atoms with van der Waals surface area (Å²) in [7, 11) is 0. The third kappa shape index (κ3) is 3.85. The van der Waals surface area contributed by atoms with Crippen LogP contribution in [-0.2, 0) is 4.79 Å². The molecule has 9 heavy (non-hydrogen) atoms. The number of ketones is 1. The lowest BCUT2D eigenvalue weighted by Gasteiger charge is -2.02. The fraction of sp³-hybridized carbons (Fsp3) is 0.667. The fourth-order valence-electron chi connectivity index (χ4n) is 0.466. The zero-order valence-corrected chi connectivity index (χ0v) is 5.55. The predicted octanol–water partition coefficient (Wildman–Crippen LogP) is 0.332. The van der Waals surface area contributed by atoms with Crippen molar-refractivity contribution in [2.45, 2.75) is 25.8 Å². The van der Waals surface area contributed by atoms with Crippen molar-refractivity contribution in [1.82, 2.24) is 0 Å². The van der Waals surface area contributed by atoms with Gasteiger partial charge in [0, 0.05) is 0 Å². The quantitative estimate of drug-likeness (QED) is 0.536. The van der Waals surface area contributed by atoms with Crippen molar-refractivity contribution in [2.75, 3.05) is 0 Å². The van der Waals surface area contributed by atoms with Crippen molar-refractivity contribution in [3.63, 3.8) is 0 Å². The summed E-state index contributed by atoms with van der Waals surface area (Å²) in [5.74, 6) is -0.00292. The van der Waals surface area contributed by atoms with Gasteiger partial charge in [-0.05, 0) is 26.0 Å². The molecule has 1 atom stereocenters. The maximum atomic E-state index is 10.4. The highest BCUT2D eigenvalue weighted by molar-refractivity contribution is 5.81. The maximum absolute atomic E-state index is 10.4. The van der Waals surface area contributed by atoms with Gasteiger partial charge in [-0.1, -0.05) is 0 Å². The Labute approximate surface area is 54.8 Å². The summed E-state index contributed by atoms with van der Waals surface area (Å²) in [6.07, 6.45) is 2.46. The Balaban J connectivity index is 3.37. The van der Waals surface area contributed by atoms with Crippen LogP contribution in [0.5, 0.6) is 0 Å². The minimum absolute atomic E-state index is 0.00292. The molecule has 0 aliphatic carbocycles. The summed E-state index contributed by atoms with van der Waals surface area (Å²) in [4.78, 5) is 10.4. The third-order valence-corrected chi connectivity index (χ3v) is 1.14. The van der Waals surface area contributed by atoms with Gasteiger partial charge in [-0.15, -0.1) is 0 Å². The Morgan fingerprint density at radius 2 is 2.44 bits per heavy atom.